The van der Waals surface area contributed by atoms with Gasteiger partial charge in [0, 0.05) is 12.6 Å². The number of carbonyl (C=O) groups excluding carboxylic acids is 1. The molecule has 0 heterocycles. The first-order valence-electron chi connectivity index (χ1n) is 6.56. The van der Waals surface area contributed by atoms with Crippen LogP contribution in [0.15, 0.2) is 18.2 Å². The van der Waals surface area contributed by atoms with Crippen molar-refractivity contribution in [1.29, 1.82) is 0 Å². The second-order valence-electron chi connectivity index (χ2n) is 5.48. The fraction of sp³-hybridized carbons (Fsp3) is 0.533. The summed E-state index contributed by atoms with van der Waals surface area (Å²) in [6.07, 6.45) is 2.37. The first kappa shape index (κ1) is 13.1. The van der Waals surface area contributed by atoms with Crippen LogP contribution in [0.5, 0.6) is 0 Å². The van der Waals surface area contributed by atoms with Crippen molar-refractivity contribution in [2.45, 2.75) is 39.7 Å². The van der Waals surface area contributed by atoms with Crippen molar-refractivity contribution in [2.24, 2.45) is 5.92 Å². The minimum atomic E-state index is -0.424. The van der Waals surface area contributed by atoms with E-state index in [1.54, 1.807) is 17.0 Å². The molecule has 0 bridgehead atoms. The predicted molar refractivity (Wildman–Crippen MR) is 70.0 cm³/mol. The van der Waals surface area contributed by atoms with Crippen molar-refractivity contribution in [3.8, 4) is 0 Å². The van der Waals surface area contributed by atoms with Crippen LogP contribution in [0.2, 0.25) is 0 Å². The molecule has 0 aromatic heterocycles. The zero-order valence-corrected chi connectivity index (χ0v) is 11.2. The molecule has 1 fully saturated rings. The highest BCUT2D eigenvalue weighted by Gasteiger charge is 2.29. The summed E-state index contributed by atoms with van der Waals surface area (Å²) < 4.78 is 13.7. The third-order valence-corrected chi connectivity index (χ3v) is 3.39. The average Bonchev–Trinajstić information content (AvgIpc) is 3.12. The van der Waals surface area contributed by atoms with Gasteiger partial charge in [-0.05, 0) is 51.7 Å². The van der Waals surface area contributed by atoms with E-state index in [2.05, 4.69) is 0 Å². The van der Waals surface area contributed by atoms with E-state index in [0.29, 0.717) is 5.92 Å². The molecular weight excluding hydrogens is 229 g/mol. The van der Waals surface area contributed by atoms with E-state index in [9.17, 15) is 9.18 Å². The normalized spacial score (nSPS) is 14.9. The van der Waals surface area contributed by atoms with Crippen molar-refractivity contribution in [3.63, 3.8) is 0 Å². The van der Waals surface area contributed by atoms with E-state index in [4.69, 9.17) is 0 Å². The molecule has 0 atom stereocenters. The number of hydrogen-bond donors (Lipinski definition) is 0. The van der Waals surface area contributed by atoms with Gasteiger partial charge in [-0.1, -0.05) is 11.6 Å². The van der Waals surface area contributed by atoms with E-state index in [0.717, 1.165) is 12.1 Å². The van der Waals surface area contributed by atoms with E-state index in [-0.39, 0.29) is 17.5 Å². The summed E-state index contributed by atoms with van der Waals surface area (Å²) in [5.41, 5.74) is 1.11. The van der Waals surface area contributed by atoms with Gasteiger partial charge in [-0.25, -0.2) is 4.39 Å². The lowest BCUT2D eigenvalue weighted by Gasteiger charge is -2.27. The molecule has 0 N–H and O–H groups in total. The van der Waals surface area contributed by atoms with Gasteiger partial charge in [0.2, 0.25) is 0 Å². The molecule has 0 radical (unpaired) electrons. The second-order valence-corrected chi connectivity index (χ2v) is 5.48. The molecule has 2 rings (SSSR count). The quantitative estimate of drug-likeness (QED) is 0.801. The third kappa shape index (κ3) is 2.89. The van der Waals surface area contributed by atoms with Gasteiger partial charge >= 0.3 is 0 Å². The molecule has 0 spiro atoms. The van der Waals surface area contributed by atoms with Gasteiger partial charge in [-0.2, -0.15) is 0 Å². The second kappa shape index (κ2) is 5.09. The summed E-state index contributed by atoms with van der Waals surface area (Å²) in [6, 6.07) is 4.81. The zero-order valence-electron chi connectivity index (χ0n) is 11.2. The van der Waals surface area contributed by atoms with Crippen molar-refractivity contribution in [3.05, 3.63) is 35.1 Å². The third-order valence-electron chi connectivity index (χ3n) is 3.39. The molecule has 1 saturated carbocycles. The van der Waals surface area contributed by atoms with Crippen LogP contribution >= 0.6 is 0 Å². The maximum Gasteiger partial charge on any atom is 0.257 e. The summed E-state index contributed by atoms with van der Waals surface area (Å²) in [7, 11) is 0. The van der Waals surface area contributed by atoms with Crippen LogP contribution in [-0.4, -0.2) is 23.4 Å². The molecule has 1 amide bonds. The van der Waals surface area contributed by atoms with Crippen molar-refractivity contribution in [2.75, 3.05) is 6.54 Å². The maximum absolute atomic E-state index is 13.7. The summed E-state index contributed by atoms with van der Waals surface area (Å²) >= 11 is 0. The molecule has 0 aliphatic heterocycles. The fourth-order valence-electron chi connectivity index (χ4n) is 2.06. The van der Waals surface area contributed by atoms with Crippen molar-refractivity contribution >= 4 is 5.91 Å². The topological polar surface area (TPSA) is 20.3 Å². The standard InChI is InChI=1S/C15H20FNO/c1-10(2)17(9-12-5-6-12)15(18)13-8-11(3)4-7-14(13)16/h4,7-8,10,12H,5-6,9H2,1-3H3. The predicted octanol–water partition coefficient (Wildman–Crippen LogP) is 3.39. The van der Waals surface area contributed by atoms with E-state index in [1.165, 1.54) is 18.9 Å². The molecule has 1 aliphatic rings. The number of benzene rings is 1. The number of hydrogen-bond acceptors (Lipinski definition) is 1. The van der Waals surface area contributed by atoms with Gasteiger partial charge in [0.15, 0.2) is 0 Å². The molecule has 1 aliphatic carbocycles. The zero-order chi connectivity index (χ0) is 13.3. The Balaban J connectivity index is 2.23. The van der Waals surface area contributed by atoms with Gasteiger partial charge < -0.3 is 4.90 Å². The molecule has 98 valence electrons. The SMILES string of the molecule is Cc1ccc(F)c(C(=O)N(CC2CC2)C(C)C)c1. The van der Waals surface area contributed by atoms with E-state index >= 15 is 0 Å². The smallest absolute Gasteiger partial charge is 0.257 e. The fourth-order valence-corrected chi connectivity index (χ4v) is 2.06. The largest absolute Gasteiger partial charge is 0.336 e. The number of nitrogens with zero attached hydrogens (tertiary/aromatic N) is 1. The lowest BCUT2D eigenvalue weighted by Crippen LogP contribution is -2.39. The van der Waals surface area contributed by atoms with Gasteiger partial charge in [0.1, 0.15) is 5.82 Å². The summed E-state index contributed by atoms with van der Waals surface area (Å²) in [5, 5.41) is 0. The van der Waals surface area contributed by atoms with Gasteiger partial charge in [0.25, 0.3) is 5.91 Å². The first-order valence-corrected chi connectivity index (χ1v) is 6.56. The molecule has 1 aromatic carbocycles. The summed E-state index contributed by atoms with van der Waals surface area (Å²) in [4.78, 5) is 14.2. The van der Waals surface area contributed by atoms with Crippen LogP contribution in [-0.2, 0) is 0 Å². The van der Waals surface area contributed by atoms with Crippen molar-refractivity contribution in [1.82, 2.24) is 4.90 Å². The van der Waals surface area contributed by atoms with Crippen LogP contribution in [0.4, 0.5) is 4.39 Å². The minimum Gasteiger partial charge on any atom is -0.336 e. The Morgan fingerprint density at radius 1 is 1.44 bits per heavy atom. The Hall–Kier alpha value is -1.38. The molecule has 1 aromatic rings. The summed E-state index contributed by atoms with van der Waals surface area (Å²) in [5.74, 6) is 0.00867. The molecule has 2 nitrogen and oxygen atoms in total. The molecule has 18 heavy (non-hydrogen) atoms. The number of carbonyl (C=O) groups is 1. The van der Waals surface area contributed by atoms with Gasteiger partial charge in [-0.15, -0.1) is 0 Å². The lowest BCUT2D eigenvalue weighted by molar-refractivity contribution is 0.0691. The average molecular weight is 249 g/mol. The number of rotatable bonds is 4. The first-order chi connectivity index (χ1) is 8.49. The Labute approximate surface area is 108 Å². The molecule has 0 unspecified atom stereocenters. The van der Waals surface area contributed by atoms with Crippen LogP contribution in [0.25, 0.3) is 0 Å². The highest BCUT2D eigenvalue weighted by molar-refractivity contribution is 5.94. The number of amides is 1. The Morgan fingerprint density at radius 3 is 2.67 bits per heavy atom. The van der Waals surface area contributed by atoms with Gasteiger partial charge in [0.05, 0.1) is 5.56 Å². The van der Waals surface area contributed by atoms with Gasteiger partial charge in [-0.3, -0.25) is 4.79 Å². The Morgan fingerprint density at radius 2 is 2.11 bits per heavy atom. The van der Waals surface area contributed by atoms with Crippen LogP contribution < -0.4 is 0 Å². The van der Waals surface area contributed by atoms with Crippen molar-refractivity contribution < 1.29 is 9.18 Å². The minimum absolute atomic E-state index is 0.109. The van der Waals surface area contributed by atoms with E-state index in [1.807, 2.05) is 20.8 Å². The highest BCUT2D eigenvalue weighted by atomic mass is 19.1. The maximum atomic E-state index is 13.7. The molecule has 0 saturated heterocycles. The van der Waals surface area contributed by atoms with E-state index < -0.39 is 5.82 Å². The number of halogens is 1. The number of aryl methyl sites for hydroxylation is 1. The summed E-state index contributed by atoms with van der Waals surface area (Å²) in [6.45, 7) is 6.59. The Bertz CT molecular complexity index is 452. The molecule has 3 heteroatoms. The lowest BCUT2D eigenvalue weighted by atomic mass is 10.1. The highest BCUT2D eigenvalue weighted by Crippen LogP contribution is 2.31. The van der Waals surface area contributed by atoms with Crippen LogP contribution in [0.3, 0.4) is 0 Å². The Kier molecular flexibility index (Phi) is 3.69. The monoisotopic (exact) mass is 249 g/mol. The van der Waals surface area contributed by atoms with Crippen LogP contribution in [0, 0.1) is 18.7 Å². The van der Waals surface area contributed by atoms with Crippen LogP contribution in [0.1, 0.15) is 42.6 Å². The molecular formula is C15H20FNO.